The van der Waals surface area contributed by atoms with Crippen molar-refractivity contribution in [3.05, 3.63) is 81.5 Å². The van der Waals surface area contributed by atoms with E-state index in [4.69, 9.17) is 109 Å². The van der Waals surface area contributed by atoms with Gasteiger partial charge < -0.3 is 10.1 Å². The number of para-hydroxylation sites is 1. The van der Waals surface area contributed by atoms with E-state index >= 15 is 0 Å². The summed E-state index contributed by atoms with van der Waals surface area (Å²) in [7, 11) is 1.57. The van der Waals surface area contributed by atoms with Gasteiger partial charge in [-0.15, -0.1) is 0 Å². The minimum Gasteiger partial charge on any atom is -0.497 e. The van der Waals surface area contributed by atoms with Crippen molar-refractivity contribution >= 4 is 122 Å². The van der Waals surface area contributed by atoms with Gasteiger partial charge in [0.15, 0.2) is 0 Å². The lowest BCUT2D eigenvalue weighted by atomic mass is 10.1. The van der Waals surface area contributed by atoms with Gasteiger partial charge in [-0.25, -0.2) is 0 Å². The largest absolute Gasteiger partial charge is 0.497 e. The van der Waals surface area contributed by atoms with Crippen LogP contribution in [0.2, 0.25) is 15.6 Å². The number of halogens is 9. The molecule has 4 rings (SSSR count). The summed E-state index contributed by atoms with van der Waals surface area (Å²) in [5, 5.41) is 8.66. The van der Waals surface area contributed by atoms with Crippen LogP contribution in [0.5, 0.6) is 5.75 Å². The molecule has 0 amide bonds. The van der Waals surface area contributed by atoms with Crippen molar-refractivity contribution in [3.63, 3.8) is 0 Å². The van der Waals surface area contributed by atoms with Crippen LogP contribution in [0, 0.1) is 0 Å². The van der Waals surface area contributed by atoms with Gasteiger partial charge in [0, 0.05) is 5.56 Å². The number of ether oxygens (including phenoxy) is 1. The maximum Gasteiger partial charge on any atom is 0.301 e. The van der Waals surface area contributed by atoms with Crippen LogP contribution in [-0.4, -0.2) is 40.6 Å². The molecule has 0 fully saturated rings. The Labute approximate surface area is 262 Å². The molecule has 2 aromatic carbocycles. The molecule has 0 spiro atoms. The molecular formula is C21H14Cl9N7O. The quantitative estimate of drug-likeness (QED) is 0.209. The number of nitrogens with zero attached hydrogens (tertiary/aromatic N) is 5. The Morgan fingerprint density at radius 1 is 0.842 bits per heavy atom. The fourth-order valence-electron chi connectivity index (χ4n) is 2.68. The molecule has 1 aliphatic heterocycles. The highest BCUT2D eigenvalue weighted by Crippen LogP contribution is 2.38. The van der Waals surface area contributed by atoms with Crippen LogP contribution in [-0.2, 0) is 0 Å². The molecule has 17 heteroatoms. The number of hydrogen-bond acceptors (Lipinski definition) is 8. The number of hydrogen-bond donors (Lipinski definition) is 2. The zero-order valence-electron chi connectivity index (χ0n) is 18.7. The van der Waals surface area contributed by atoms with Crippen molar-refractivity contribution in [1.29, 1.82) is 0 Å². The molecular weight excluding hydrogens is 685 g/mol. The van der Waals surface area contributed by atoms with E-state index in [1.54, 1.807) is 49.6 Å². The van der Waals surface area contributed by atoms with E-state index in [-0.39, 0.29) is 22.2 Å². The first-order valence-electron chi connectivity index (χ1n) is 10.0. The van der Waals surface area contributed by atoms with Crippen molar-refractivity contribution in [2.24, 2.45) is 5.10 Å². The van der Waals surface area contributed by atoms with Gasteiger partial charge in [-0.1, -0.05) is 93.3 Å². The summed E-state index contributed by atoms with van der Waals surface area (Å²) in [5.74, 6) is 0.945. The van der Waals surface area contributed by atoms with E-state index in [1.807, 2.05) is 12.1 Å². The first kappa shape index (κ1) is 31.2. The van der Waals surface area contributed by atoms with Crippen molar-refractivity contribution < 1.29 is 4.74 Å². The van der Waals surface area contributed by atoms with E-state index < -0.39 is 7.71 Å². The fourth-order valence-corrected chi connectivity index (χ4v) is 3.75. The average molecular weight is 699 g/mol. The molecule has 1 aromatic heterocycles. The lowest BCUT2D eigenvalue weighted by Gasteiger charge is -2.33. The predicted octanol–water partition coefficient (Wildman–Crippen LogP) is 8.38. The Balaban J connectivity index is 0.000000221. The van der Waals surface area contributed by atoms with Gasteiger partial charge in [-0.05, 0) is 65.7 Å². The van der Waals surface area contributed by atoms with Crippen LogP contribution in [0.15, 0.2) is 65.4 Å². The predicted molar refractivity (Wildman–Crippen MR) is 158 cm³/mol. The van der Waals surface area contributed by atoms with E-state index in [0.29, 0.717) is 22.2 Å². The number of benzene rings is 2. The van der Waals surface area contributed by atoms with Crippen molar-refractivity contribution in [3.8, 4) is 5.75 Å². The van der Waals surface area contributed by atoms with Crippen LogP contribution in [0.4, 0.5) is 11.6 Å². The number of aromatic nitrogens is 3. The van der Waals surface area contributed by atoms with E-state index in [2.05, 4.69) is 30.8 Å². The van der Waals surface area contributed by atoms with Gasteiger partial charge in [0.2, 0.25) is 20.3 Å². The molecule has 0 aliphatic carbocycles. The van der Waals surface area contributed by atoms with Gasteiger partial charge in [0.05, 0.1) is 29.2 Å². The summed E-state index contributed by atoms with van der Waals surface area (Å²) < 4.78 is 1.50. The summed E-state index contributed by atoms with van der Waals surface area (Å²) in [4.78, 5) is 11.4. The van der Waals surface area contributed by atoms with Gasteiger partial charge in [0.1, 0.15) is 5.75 Å². The number of rotatable bonds is 4. The molecule has 0 radical (unpaired) electrons. The Hall–Kier alpha value is -1.33. The summed E-state index contributed by atoms with van der Waals surface area (Å²) in [6.07, 6.45) is 1.56. The second-order valence-corrected chi connectivity index (χ2v) is 12.5. The van der Waals surface area contributed by atoms with E-state index in [0.717, 1.165) is 10.7 Å². The van der Waals surface area contributed by atoms with Crippen LogP contribution < -0.4 is 15.5 Å². The van der Waals surface area contributed by atoms with Crippen LogP contribution >= 0.6 is 104 Å². The Bertz CT molecular complexity index is 1310. The highest BCUT2D eigenvalue weighted by Gasteiger charge is 2.37. The number of hydrazone groups is 1. The first-order chi connectivity index (χ1) is 17.8. The minimum absolute atomic E-state index is 0.0227. The maximum absolute atomic E-state index is 5.95. The SMILES string of the molecule is COc1ccc(C2=NN(C(Cl)(Cl)Cl)NC(C(Cl)(Cl)Cl)=C2)cc1.Clc1nc(Cl)nc(Nc2ccccc2Cl)n1. The van der Waals surface area contributed by atoms with Crippen molar-refractivity contribution in [2.75, 3.05) is 12.4 Å². The molecule has 38 heavy (non-hydrogen) atoms. The molecule has 0 atom stereocenters. The standard InChI is InChI=1S/C12H9Cl6N3O.C9H5Cl3N4/c1-22-8-4-2-7(3-5-8)9-6-10(11(13,14)15)20-21(19-9)12(16,17)18;10-5-3-1-2-4-6(5)13-9-15-7(11)14-8(12)16-9/h2-6,20H,1H3;1-4H,(H,13,14,15,16). The third-order valence-electron chi connectivity index (χ3n) is 4.35. The summed E-state index contributed by atoms with van der Waals surface area (Å²) >= 11 is 52.4. The highest BCUT2D eigenvalue weighted by atomic mass is 35.6. The van der Waals surface area contributed by atoms with Gasteiger partial charge >= 0.3 is 3.92 Å². The minimum atomic E-state index is -1.87. The number of hydrazine groups is 1. The summed E-state index contributed by atoms with van der Waals surface area (Å²) in [5.41, 5.74) is 4.70. The molecule has 2 N–H and O–H groups in total. The first-order valence-corrected chi connectivity index (χ1v) is 13.4. The van der Waals surface area contributed by atoms with Crippen LogP contribution in [0.25, 0.3) is 0 Å². The zero-order chi connectivity index (χ0) is 28.1. The van der Waals surface area contributed by atoms with Gasteiger partial charge in [-0.3, -0.25) is 5.43 Å². The molecule has 0 bridgehead atoms. The van der Waals surface area contributed by atoms with Crippen molar-refractivity contribution in [1.82, 2.24) is 25.5 Å². The molecule has 0 saturated carbocycles. The molecule has 202 valence electrons. The second kappa shape index (κ2) is 13.4. The maximum atomic E-state index is 5.95. The lowest BCUT2D eigenvalue weighted by Crippen LogP contribution is -2.47. The van der Waals surface area contributed by atoms with E-state index in [1.165, 1.54) is 0 Å². The van der Waals surface area contributed by atoms with Gasteiger partial charge in [-0.2, -0.15) is 25.2 Å². The third kappa shape index (κ3) is 9.11. The average Bonchev–Trinajstić information content (AvgIpc) is 2.84. The second-order valence-electron chi connectivity index (χ2n) is 6.96. The number of alkyl halides is 6. The van der Waals surface area contributed by atoms with Crippen molar-refractivity contribution in [2.45, 2.75) is 7.71 Å². The third-order valence-corrected chi connectivity index (χ3v) is 6.11. The van der Waals surface area contributed by atoms with Crippen LogP contribution in [0.1, 0.15) is 5.56 Å². The highest BCUT2D eigenvalue weighted by molar-refractivity contribution is 6.69. The monoisotopic (exact) mass is 695 g/mol. The zero-order valence-corrected chi connectivity index (χ0v) is 25.5. The van der Waals surface area contributed by atoms with E-state index in [9.17, 15) is 0 Å². The molecule has 3 aromatic rings. The van der Waals surface area contributed by atoms with Crippen LogP contribution in [0.3, 0.4) is 0 Å². The fraction of sp³-hybridized carbons (Fsp3) is 0.143. The molecule has 8 nitrogen and oxygen atoms in total. The molecule has 0 saturated heterocycles. The number of anilines is 2. The summed E-state index contributed by atoms with van der Waals surface area (Å²) in [6.45, 7) is 0. The Morgan fingerprint density at radius 2 is 1.45 bits per heavy atom. The molecule has 0 unspecified atom stereocenters. The summed E-state index contributed by atoms with van der Waals surface area (Å²) in [6, 6.07) is 14.3. The Kier molecular flexibility index (Phi) is 11.0. The normalized spacial score (nSPS) is 13.5. The number of allylic oxidation sites excluding steroid dienone is 2. The van der Waals surface area contributed by atoms with Gasteiger partial charge in [0.25, 0.3) is 0 Å². The number of methoxy groups -OCH3 is 1. The lowest BCUT2D eigenvalue weighted by molar-refractivity contribution is 0.216. The smallest absolute Gasteiger partial charge is 0.301 e. The number of nitrogens with one attached hydrogen (secondary N) is 2. The topological polar surface area (TPSA) is 87.6 Å². The molecule has 1 aliphatic rings. The Morgan fingerprint density at radius 3 is 1.97 bits per heavy atom. The molecule has 2 heterocycles.